The molecule has 0 spiro atoms. The number of hydrogen-bond acceptors (Lipinski definition) is 3. The van der Waals surface area contributed by atoms with Gasteiger partial charge in [-0.2, -0.15) is 0 Å². The van der Waals surface area contributed by atoms with Gasteiger partial charge in [-0.3, -0.25) is 4.98 Å². The number of amides is 1. The highest BCUT2D eigenvalue weighted by Gasteiger charge is 2.37. The summed E-state index contributed by atoms with van der Waals surface area (Å²) in [5.74, 6) is -0.368. The van der Waals surface area contributed by atoms with E-state index in [-0.39, 0.29) is 5.82 Å². The standard InChI is InChI=1S/C14H10BrFN2O2/c15-9-4-5-11(17-7-9)12-13(20-14(19)18-12)8-2-1-3-10(16)6-8/h1-7,12-13H,(H,18,19)/t12-,13?/m1/s1. The molecule has 2 aromatic rings. The molecule has 4 nitrogen and oxygen atoms in total. The number of alkyl carbamates (subject to hydrolysis) is 1. The molecule has 2 atom stereocenters. The quantitative estimate of drug-likeness (QED) is 0.912. The van der Waals surface area contributed by atoms with Gasteiger partial charge >= 0.3 is 6.09 Å². The van der Waals surface area contributed by atoms with Crippen LogP contribution < -0.4 is 5.32 Å². The second-order valence-electron chi connectivity index (χ2n) is 4.40. The van der Waals surface area contributed by atoms with Crippen LogP contribution in [0.1, 0.15) is 23.4 Å². The molecule has 1 amide bonds. The molecular formula is C14H10BrFN2O2. The average molecular weight is 337 g/mol. The van der Waals surface area contributed by atoms with Crippen LogP contribution in [-0.2, 0) is 4.74 Å². The first kappa shape index (κ1) is 13.1. The van der Waals surface area contributed by atoms with Crippen molar-refractivity contribution in [1.29, 1.82) is 0 Å². The summed E-state index contributed by atoms with van der Waals surface area (Å²) in [6.45, 7) is 0. The molecule has 1 aromatic carbocycles. The zero-order valence-corrected chi connectivity index (χ0v) is 11.8. The predicted molar refractivity (Wildman–Crippen MR) is 73.4 cm³/mol. The predicted octanol–water partition coefficient (Wildman–Crippen LogP) is 3.51. The Kier molecular flexibility index (Phi) is 3.40. The fourth-order valence-corrected chi connectivity index (χ4v) is 2.40. The van der Waals surface area contributed by atoms with Crippen molar-refractivity contribution in [3.8, 4) is 0 Å². The first-order chi connectivity index (χ1) is 9.63. The van der Waals surface area contributed by atoms with Crippen molar-refractivity contribution in [2.75, 3.05) is 0 Å². The van der Waals surface area contributed by atoms with Crippen molar-refractivity contribution in [2.45, 2.75) is 12.1 Å². The lowest BCUT2D eigenvalue weighted by Gasteiger charge is -2.16. The summed E-state index contributed by atoms with van der Waals surface area (Å²) >= 11 is 3.30. The number of nitrogens with zero attached hydrogens (tertiary/aromatic N) is 1. The summed E-state index contributed by atoms with van der Waals surface area (Å²) in [6.07, 6.45) is 0.517. The molecule has 102 valence electrons. The second-order valence-corrected chi connectivity index (χ2v) is 5.32. The van der Waals surface area contributed by atoms with Gasteiger partial charge in [0.25, 0.3) is 0 Å². The van der Waals surface area contributed by atoms with Crippen LogP contribution in [-0.4, -0.2) is 11.1 Å². The molecule has 0 bridgehead atoms. The smallest absolute Gasteiger partial charge is 0.408 e. The Labute approximate surface area is 123 Å². The number of nitrogens with one attached hydrogen (secondary N) is 1. The van der Waals surface area contributed by atoms with Crippen LogP contribution in [0.4, 0.5) is 9.18 Å². The third-order valence-electron chi connectivity index (χ3n) is 3.06. The first-order valence-electron chi connectivity index (χ1n) is 5.97. The third kappa shape index (κ3) is 2.51. The second kappa shape index (κ2) is 5.20. The third-order valence-corrected chi connectivity index (χ3v) is 3.53. The molecule has 1 aromatic heterocycles. The fraction of sp³-hybridized carbons (Fsp3) is 0.143. The van der Waals surface area contributed by atoms with E-state index in [1.165, 1.54) is 12.1 Å². The Morgan fingerprint density at radius 3 is 2.85 bits per heavy atom. The van der Waals surface area contributed by atoms with Gasteiger partial charge in [0.1, 0.15) is 11.9 Å². The highest BCUT2D eigenvalue weighted by atomic mass is 79.9. The number of carbonyl (C=O) groups excluding carboxylic acids is 1. The van der Waals surface area contributed by atoms with Gasteiger partial charge in [0.2, 0.25) is 0 Å². The van der Waals surface area contributed by atoms with E-state index < -0.39 is 18.2 Å². The van der Waals surface area contributed by atoms with Crippen molar-refractivity contribution in [1.82, 2.24) is 10.3 Å². The molecule has 1 saturated heterocycles. The average Bonchev–Trinajstić information content (AvgIpc) is 2.82. The Bertz CT molecular complexity index is 648. The number of rotatable bonds is 2. The molecule has 1 aliphatic rings. The minimum absolute atomic E-state index is 0.368. The molecule has 3 rings (SSSR count). The number of cyclic esters (lactones) is 1. The summed E-state index contributed by atoms with van der Waals surface area (Å²) in [7, 11) is 0. The summed E-state index contributed by atoms with van der Waals surface area (Å²) in [4.78, 5) is 15.8. The van der Waals surface area contributed by atoms with E-state index in [0.717, 1.165) is 4.47 Å². The van der Waals surface area contributed by atoms with Crippen LogP contribution in [0.15, 0.2) is 47.1 Å². The maximum absolute atomic E-state index is 13.3. The van der Waals surface area contributed by atoms with Gasteiger partial charge in [-0.1, -0.05) is 12.1 Å². The molecule has 1 aliphatic heterocycles. The van der Waals surface area contributed by atoms with E-state index in [9.17, 15) is 9.18 Å². The van der Waals surface area contributed by atoms with Crippen molar-refractivity contribution in [2.24, 2.45) is 0 Å². The minimum atomic E-state index is -0.591. The number of carbonyl (C=O) groups is 1. The molecule has 0 aliphatic carbocycles. The largest absolute Gasteiger partial charge is 0.439 e. The molecular weight excluding hydrogens is 327 g/mol. The SMILES string of the molecule is O=C1N[C@H](c2ccc(Br)cn2)C(c2cccc(F)c2)O1. The molecule has 1 unspecified atom stereocenters. The van der Waals surface area contributed by atoms with E-state index in [0.29, 0.717) is 11.3 Å². The van der Waals surface area contributed by atoms with E-state index in [1.54, 1.807) is 24.4 Å². The molecule has 1 fully saturated rings. The number of hydrogen-bond donors (Lipinski definition) is 1. The molecule has 6 heteroatoms. The highest BCUT2D eigenvalue weighted by molar-refractivity contribution is 9.10. The van der Waals surface area contributed by atoms with Crippen LogP contribution in [0.25, 0.3) is 0 Å². The lowest BCUT2D eigenvalue weighted by atomic mass is 10.00. The van der Waals surface area contributed by atoms with E-state index in [1.807, 2.05) is 6.07 Å². The van der Waals surface area contributed by atoms with Gasteiger partial charge in [0.15, 0.2) is 6.10 Å². The Morgan fingerprint density at radius 2 is 2.15 bits per heavy atom. The van der Waals surface area contributed by atoms with E-state index in [4.69, 9.17) is 4.74 Å². The maximum Gasteiger partial charge on any atom is 0.408 e. The minimum Gasteiger partial charge on any atom is -0.439 e. The van der Waals surface area contributed by atoms with Crippen LogP contribution in [0.2, 0.25) is 0 Å². The van der Waals surface area contributed by atoms with Gasteiger partial charge < -0.3 is 10.1 Å². The number of benzene rings is 1. The molecule has 2 heterocycles. The Morgan fingerprint density at radius 1 is 1.30 bits per heavy atom. The molecule has 20 heavy (non-hydrogen) atoms. The van der Waals surface area contributed by atoms with Crippen LogP contribution in [0.3, 0.4) is 0 Å². The van der Waals surface area contributed by atoms with Crippen molar-refractivity contribution >= 4 is 22.0 Å². The topological polar surface area (TPSA) is 51.2 Å². The zero-order chi connectivity index (χ0) is 14.1. The van der Waals surface area contributed by atoms with Crippen LogP contribution in [0.5, 0.6) is 0 Å². The van der Waals surface area contributed by atoms with Gasteiger partial charge in [-0.15, -0.1) is 0 Å². The number of pyridine rings is 1. The summed E-state index contributed by atoms with van der Waals surface area (Å²) in [5.41, 5.74) is 1.26. The Hall–Kier alpha value is -1.95. The van der Waals surface area contributed by atoms with Gasteiger partial charge in [0, 0.05) is 10.7 Å². The Balaban J connectivity index is 1.96. The van der Waals surface area contributed by atoms with Gasteiger partial charge in [0.05, 0.1) is 5.69 Å². The fourth-order valence-electron chi connectivity index (χ4n) is 2.16. The van der Waals surface area contributed by atoms with E-state index >= 15 is 0 Å². The maximum atomic E-state index is 13.3. The lowest BCUT2D eigenvalue weighted by molar-refractivity contribution is 0.131. The monoisotopic (exact) mass is 336 g/mol. The lowest BCUT2D eigenvalue weighted by Crippen LogP contribution is -2.20. The van der Waals surface area contributed by atoms with Crippen molar-refractivity contribution in [3.05, 3.63) is 64.1 Å². The molecule has 0 saturated carbocycles. The highest BCUT2D eigenvalue weighted by Crippen LogP contribution is 2.36. The summed E-state index contributed by atoms with van der Waals surface area (Å²) in [6, 6.07) is 9.20. The zero-order valence-electron chi connectivity index (χ0n) is 10.2. The van der Waals surface area contributed by atoms with Crippen LogP contribution in [0, 0.1) is 5.82 Å². The van der Waals surface area contributed by atoms with Crippen molar-refractivity contribution < 1.29 is 13.9 Å². The normalized spacial score (nSPS) is 21.4. The summed E-state index contributed by atoms with van der Waals surface area (Å²) in [5, 5.41) is 2.70. The van der Waals surface area contributed by atoms with Crippen molar-refractivity contribution in [3.63, 3.8) is 0 Å². The molecule has 1 N–H and O–H groups in total. The number of halogens is 2. The number of aromatic nitrogens is 1. The van der Waals surface area contributed by atoms with Crippen LogP contribution >= 0.6 is 15.9 Å². The number of ether oxygens (including phenoxy) is 1. The first-order valence-corrected chi connectivity index (χ1v) is 6.77. The van der Waals surface area contributed by atoms with Gasteiger partial charge in [-0.25, -0.2) is 9.18 Å². The van der Waals surface area contributed by atoms with E-state index in [2.05, 4.69) is 26.2 Å². The van der Waals surface area contributed by atoms with Gasteiger partial charge in [-0.05, 0) is 45.8 Å². The molecule has 0 radical (unpaired) electrons. The summed E-state index contributed by atoms with van der Waals surface area (Å²) < 4.78 is 19.4.